The molecule has 6 heteroatoms. The van der Waals surface area contributed by atoms with Crippen molar-refractivity contribution in [1.29, 1.82) is 0 Å². The Balaban J connectivity index is 1.58. The predicted octanol–water partition coefficient (Wildman–Crippen LogP) is 5.08. The molecule has 0 bridgehead atoms. The first-order valence-electron chi connectivity index (χ1n) is 9.61. The molecule has 0 atom stereocenters. The van der Waals surface area contributed by atoms with Crippen LogP contribution in [0.5, 0.6) is 11.5 Å². The number of ether oxygens (including phenoxy) is 2. The Morgan fingerprint density at radius 2 is 1.77 bits per heavy atom. The lowest BCUT2D eigenvalue weighted by Gasteiger charge is -2.14. The minimum Gasteiger partial charge on any atom is -0.493 e. The Kier molecular flexibility index (Phi) is 6.91. The first-order chi connectivity index (χ1) is 14.5. The van der Waals surface area contributed by atoms with Gasteiger partial charge in [-0.1, -0.05) is 18.2 Å². The van der Waals surface area contributed by atoms with Crippen molar-refractivity contribution in [2.24, 2.45) is 0 Å². The lowest BCUT2D eigenvalue weighted by atomic mass is 10.1. The van der Waals surface area contributed by atoms with Gasteiger partial charge in [0, 0.05) is 17.9 Å². The van der Waals surface area contributed by atoms with Crippen molar-refractivity contribution in [3.8, 4) is 11.5 Å². The van der Waals surface area contributed by atoms with Gasteiger partial charge in [-0.15, -0.1) is 0 Å². The molecule has 0 unspecified atom stereocenters. The van der Waals surface area contributed by atoms with E-state index in [1.807, 2.05) is 44.2 Å². The second kappa shape index (κ2) is 9.78. The molecule has 2 N–H and O–H groups in total. The second-order valence-corrected chi connectivity index (χ2v) is 6.93. The van der Waals surface area contributed by atoms with E-state index < -0.39 is 0 Å². The average molecular weight is 408 g/mol. The van der Waals surface area contributed by atoms with Gasteiger partial charge in [-0.2, -0.15) is 0 Å². The molecule has 0 aromatic heterocycles. The van der Waals surface area contributed by atoms with Gasteiger partial charge in [0.05, 0.1) is 7.11 Å². The Hall–Kier alpha value is -3.54. The van der Waals surface area contributed by atoms with Gasteiger partial charge in [-0.25, -0.2) is 4.39 Å². The van der Waals surface area contributed by atoms with Gasteiger partial charge in [0.2, 0.25) is 0 Å². The van der Waals surface area contributed by atoms with Crippen LogP contribution in [0.1, 0.15) is 16.7 Å². The number of rotatable bonds is 8. The van der Waals surface area contributed by atoms with Crippen LogP contribution in [0.2, 0.25) is 0 Å². The molecule has 0 saturated carbocycles. The third-order valence-electron chi connectivity index (χ3n) is 4.81. The van der Waals surface area contributed by atoms with Crippen molar-refractivity contribution in [3.63, 3.8) is 0 Å². The first-order valence-corrected chi connectivity index (χ1v) is 9.61. The van der Waals surface area contributed by atoms with Gasteiger partial charge in [-0.05, 0) is 73.0 Å². The lowest BCUT2D eigenvalue weighted by Crippen LogP contribution is -2.21. The van der Waals surface area contributed by atoms with E-state index >= 15 is 0 Å². The Bertz CT molecular complexity index is 1020. The van der Waals surface area contributed by atoms with E-state index in [2.05, 4.69) is 10.6 Å². The number of methoxy groups -OCH3 is 1. The molecule has 0 aliphatic rings. The molecule has 3 rings (SSSR count). The van der Waals surface area contributed by atoms with Gasteiger partial charge >= 0.3 is 0 Å². The zero-order valence-corrected chi connectivity index (χ0v) is 17.3. The van der Waals surface area contributed by atoms with Crippen LogP contribution in [0, 0.1) is 19.7 Å². The molecule has 0 heterocycles. The number of nitrogens with one attached hydrogen (secondary N) is 2. The van der Waals surface area contributed by atoms with Gasteiger partial charge in [-0.3, -0.25) is 4.79 Å². The maximum atomic E-state index is 13.0. The van der Waals surface area contributed by atoms with Crippen LogP contribution in [0.25, 0.3) is 0 Å². The van der Waals surface area contributed by atoms with Crippen LogP contribution >= 0.6 is 0 Å². The predicted molar refractivity (Wildman–Crippen MR) is 117 cm³/mol. The van der Waals surface area contributed by atoms with Crippen LogP contribution in [0.3, 0.4) is 0 Å². The minimum absolute atomic E-state index is 0.128. The second-order valence-electron chi connectivity index (χ2n) is 6.93. The number of hydrogen-bond donors (Lipinski definition) is 2. The quantitative estimate of drug-likeness (QED) is 0.546. The Labute approximate surface area is 175 Å². The van der Waals surface area contributed by atoms with Gasteiger partial charge in [0.25, 0.3) is 5.91 Å². The zero-order valence-electron chi connectivity index (χ0n) is 17.3. The number of anilines is 2. The summed E-state index contributed by atoms with van der Waals surface area (Å²) in [4.78, 5) is 12.3. The third kappa shape index (κ3) is 5.50. The van der Waals surface area contributed by atoms with Crippen molar-refractivity contribution in [2.45, 2.75) is 20.4 Å². The fraction of sp³-hybridized carbons (Fsp3) is 0.208. The number of benzene rings is 3. The highest BCUT2D eigenvalue weighted by atomic mass is 19.1. The van der Waals surface area contributed by atoms with E-state index in [1.54, 1.807) is 25.3 Å². The van der Waals surface area contributed by atoms with Crippen LogP contribution < -0.4 is 20.1 Å². The molecule has 0 fully saturated rings. The summed E-state index contributed by atoms with van der Waals surface area (Å²) in [5.74, 6) is 0.505. The first kappa shape index (κ1) is 21.2. The van der Waals surface area contributed by atoms with E-state index in [0.717, 1.165) is 28.1 Å². The van der Waals surface area contributed by atoms with Crippen molar-refractivity contribution in [2.75, 3.05) is 24.4 Å². The molecule has 3 aromatic carbocycles. The standard InChI is InChI=1S/C24H25FN2O3/c1-16-5-4-6-21(17(16)2)27-24(28)15-30-22-12-7-18(13-23(22)29-3)14-26-20-10-8-19(25)9-11-20/h4-13,26H,14-15H2,1-3H3,(H,27,28). The van der Waals surface area contributed by atoms with Crippen LogP contribution in [-0.2, 0) is 11.3 Å². The summed E-state index contributed by atoms with van der Waals surface area (Å²) in [6.07, 6.45) is 0. The van der Waals surface area contributed by atoms with E-state index in [9.17, 15) is 9.18 Å². The largest absolute Gasteiger partial charge is 0.493 e. The average Bonchev–Trinajstić information content (AvgIpc) is 2.75. The molecule has 1 amide bonds. The van der Waals surface area contributed by atoms with Crippen LogP contribution in [0.15, 0.2) is 60.7 Å². The maximum absolute atomic E-state index is 13.0. The highest BCUT2D eigenvalue weighted by Gasteiger charge is 2.10. The van der Waals surface area contributed by atoms with Gasteiger partial charge < -0.3 is 20.1 Å². The van der Waals surface area contributed by atoms with Gasteiger partial charge in [0.15, 0.2) is 18.1 Å². The molecule has 30 heavy (non-hydrogen) atoms. The minimum atomic E-state index is -0.273. The number of carbonyl (C=O) groups excluding carboxylic acids is 1. The van der Waals surface area contributed by atoms with E-state index in [-0.39, 0.29) is 18.3 Å². The van der Waals surface area contributed by atoms with Crippen molar-refractivity contribution >= 4 is 17.3 Å². The van der Waals surface area contributed by atoms with Gasteiger partial charge in [0.1, 0.15) is 5.82 Å². The molecule has 0 aliphatic carbocycles. The van der Waals surface area contributed by atoms with Crippen molar-refractivity contribution < 1.29 is 18.7 Å². The number of amides is 1. The molecule has 5 nitrogen and oxygen atoms in total. The summed E-state index contributed by atoms with van der Waals surface area (Å²) in [7, 11) is 1.55. The number of carbonyl (C=O) groups is 1. The summed E-state index contributed by atoms with van der Waals surface area (Å²) in [6.45, 7) is 4.37. The van der Waals surface area contributed by atoms with E-state index in [1.165, 1.54) is 12.1 Å². The van der Waals surface area contributed by atoms with E-state index in [0.29, 0.717) is 18.0 Å². The summed E-state index contributed by atoms with van der Waals surface area (Å²) in [5, 5.41) is 6.09. The summed E-state index contributed by atoms with van der Waals surface area (Å²) < 4.78 is 24.1. The fourth-order valence-electron chi connectivity index (χ4n) is 2.93. The summed E-state index contributed by atoms with van der Waals surface area (Å²) >= 11 is 0. The highest BCUT2D eigenvalue weighted by molar-refractivity contribution is 5.92. The third-order valence-corrected chi connectivity index (χ3v) is 4.81. The Morgan fingerprint density at radius 3 is 2.50 bits per heavy atom. The van der Waals surface area contributed by atoms with Crippen molar-refractivity contribution in [3.05, 3.63) is 83.2 Å². The molecule has 0 spiro atoms. The molecule has 0 saturated heterocycles. The maximum Gasteiger partial charge on any atom is 0.262 e. The smallest absolute Gasteiger partial charge is 0.262 e. The normalized spacial score (nSPS) is 10.4. The van der Waals surface area contributed by atoms with Crippen molar-refractivity contribution in [1.82, 2.24) is 0 Å². The number of halogens is 1. The number of aryl methyl sites for hydroxylation is 1. The Morgan fingerprint density at radius 1 is 1.00 bits per heavy atom. The lowest BCUT2D eigenvalue weighted by molar-refractivity contribution is -0.118. The highest BCUT2D eigenvalue weighted by Crippen LogP contribution is 2.28. The molecule has 0 aliphatic heterocycles. The fourth-order valence-corrected chi connectivity index (χ4v) is 2.93. The number of hydrogen-bond acceptors (Lipinski definition) is 4. The molecule has 156 valence electrons. The zero-order chi connectivity index (χ0) is 21.5. The molecule has 0 radical (unpaired) electrons. The molecular weight excluding hydrogens is 383 g/mol. The SMILES string of the molecule is COc1cc(CNc2ccc(F)cc2)ccc1OCC(=O)Nc1cccc(C)c1C. The van der Waals surface area contributed by atoms with Crippen LogP contribution in [0.4, 0.5) is 15.8 Å². The summed E-state index contributed by atoms with van der Waals surface area (Å²) in [5.41, 5.74) is 4.70. The van der Waals surface area contributed by atoms with E-state index in [4.69, 9.17) is 9.47 Å². The summed E-state index contributed by atoms with van der Waals surface area (Å²) in [6, 6.07) is 17.4. The molecule has 3 aromatic rings. The monoisotopic (exact) mass is 408 g/mol. The molecular formula is C24H25FN2O3. The van der Waals surface area contributed by atoms with Crippen LogP contribution in [-0.4, -0.2) is 19.6 Å². The topological polar surface area (TPSA) is 59.6 Å².